The van der Waals surface area contributed by atoms with Crippen LogP contribution in [0.3, 0.4) is 0 Å². The molecule has 1 amide bonds. The van der Waals surface area contributed by atoms with E-state index in [9.17, 15) is 13.6 Å². The fraction of sp³-hybridized carbons (Fsp3) is 0.174. The average Bonchev–Trinajstić information content (AvgIpc) is 3.57. The van der Waals surface area contributed by atoms with Crippen molar-refractivity contribution in [3.05, 3.63) is 60.9 Å². The summed E-state index contributed by atoms with van der Waals surface area (Å²) >= 11 is -2.55. The highest BCUT2D eigenvalue weighted by Gasteiger charge is 2.30. The SMILES string of the molecule is COc1ccc(N(c2ccc(-c3cc(NC(=O)C4CC4)nc4[nH]ccc34)cc2)S(=O)[O-])cn1. The van der Waals surface area contributed by atoms with E-state index in [2.05, 4.69) is 20.3 Å². The second-order valence-electron chi connectivity index (χ2n) is 7.68. The van der Waals surface area contributed by atoms with Crippen molar-refractivity contribution in [1.82, 2.24) is 15.0 Å². The first-order valence-corrected chi connectivity index (χ1v) is 11.4. The number of hydrogen-bond donors (Lipinski definition) is 2. The molecule has 10 heteroatoms. The Balaban J connectivity index is 1.48. The van der Waals surface area contributed by atoms with Crippen molar-refractivity contribution in [1.29, 1.82) is 0 Å². The maximum Gasteiger partial charge on any atom is 0.228 e. The van der Waals surface area contributed by atoms with E-state index in [-0.39, 0.29) is 11.8 Å². The molecule has 1 fully saturated rings. The third-order valence-corrected chi connectivity index (χ3v) is 6.17. The van der Waals surface area contributed by atoms with Gasteiger partial charge in [0.25, 0.3) is 0 Å². The maximum atomic E-state index is 12.2. The Kier molecular flexibility index (Phi) is 5.53. The molecule has 1 aromatic carbocycles. The number of benzene rings is 1. The van der Waals surface area contributed by atoms with E-state index in [1.54, 1.807) is 30.5 Å². The van der Waals surface area contributed by atoms with E-state index in [4.69, 9.17) is 4.74 Å². The van der Waals surface area contributed by atoms with Gasteiger partial charge in [0.05, 0.1) is 35.9 Å². The fourth-order valence-corrected chi connectivity index (χ4v) is 4.20. The van der Waals surface area contributed by atoms with Crippen LogP contribution >= 0.6 is 0 Å². The Labute approximate surface area is 192 Å². The molecular formula is C23H20N5O4S-. The van der Waals surface area contributed by atoms with E-state index in [1.165, 1.54) is 13.3 Å². The number of carbonyl (C=O) groups is 1. The lowest BCUT2D eigenvalue weighted by molar-refractivity contribution is -0.117. The summed E-state index contributed by atoms with van der Waals surface area (Å²) in [5.74, 6) is 0.924. The first-order chi connectivity index (χ1) is 16.0. The van der Waals surface area contributed by atoms with Gasteiger partial charge in [-0.3, -0.25) is 13.3 Å². The zero-order valence-corrected chi connectivity index (χ0v) is 18.5. The highest BCUT2D eigenvalue weighted by Crippen LogP contribution is 2.34. The van der Waals surface area contributed by atoms with Crippen LogP contribution in [-0.2, 0) is 16.1 Å². The van der Waals surface area contributed by atoms with Crippen molar-refractivity contribution in [3.63, 3.8) is 0 Å². The fourth-order valence-electron chi connectivity index (χ4n) is 3.63. The monoisotopic (exact) mass is 462 g/mol. The zero-order chi connectivity index (χ0) is 22.9. The van der Waals surface area contributed by atoms with Crippen molar-refractivity contribution in [2.45, 2.75) is 12.8 Å². The number of nitrogens with zero attached hydrogens (tertiary/aromatic N) is 3. The lowest BCUT2D eigenvalue weighted by Gasteiger charge is -2.26. The van der Waals surface area contributed by atoms with Gasteiger partial charge in [-0.1, -0.05) is 12.1 Å². The van der Waals surface area contributed by atoms with Crippen molar-refractivity contribution in [3.8, 4) is 17.0 Å². The number of ether oxygens (including phenoxy) is 1. The van der Waals surface area contributed by atoms with Gasteiger partial charge in [-0.25, -0.2) is 9.97 Å². The standard InChI is InChI=1S/C23H21N5O4S/c1-32-21-9-8-17(13-25-21)28(33(30)31)16-6-4-14(5-7-16)19-12-20(27-23(29)15-2-3-15)26-22-18(19)10-11-24-22/h4-13,15H,2-3H2,1H3,(H,30,31)(H2,24,26,27,29)/p-1. The molecule has 1 saturated carbocycles. The summed E-state index contributed by atoms with van der Waals surface area (Å²) in [6.07, 6.45) is 5.04. The van der Waals surface area contributed by atoms with Gasteiger partial charge in [0, 0.05) is 23.6 Å². The van der Waals surface area contributed by atoms with Crippen LogP contribution in [0.5, 0.6) is 5.88 Å². The lowest BCUT2D eigenvalue weighted by Crippen LogP contribution is -2.19. The second-order valence-corrected chi connectivity index (χ2v) is 8.48. The van der Waals surface area contributed by atoms with Gasteiger partial charge >= 0.3 is 0 Å². The Bertz CT molecular complexity index is 1330. The van der Waals surface area contributed by atoms with Gasteiger partial charge in [0.15, 0.2) is 0 Å². The number of pyridine rings is 2. The van der Waals surface area contributed by atoms with Crippen molar-refractivity contribution in [2.24, 2.45) is 5.92 Å². The van der Waals surface area contributed by atoms with E-state index >= 15 is 0 Å². The molecule has 4 aromatic rings. The van der Waals surface area contributed by atoms with Crippen LogP contribution in [0.25, 0.3) is 22.2 Å². The highest BCUT2D eigenvalue weighted by molar-refractivity contribution is 7.81. The predicted octanol–water partition coefficient (Wildman–Crippen LogP) is 3.91. The highest BCUT2D eigenvalue weighted by atomic mass is 32.2. The minimum Gasteiger partial charge on any atom is -0.755 e. The van der Waals surface area contributed by atoms with Crippen LogP contribution in [0, 0.1) is 5.92 Å². The van der Waals surface area contributed by atoms with Crippen LogP contribution in [-0.4, -0.2) is 36.7 Å². The Morgan fingerprint density at radius 2 is 1.94 bits per heavy atom. The van der Waals surface area contributed by atoms with Gasteiger partial charge in [-0.2, -0.15) is 0 Å². The molecule has 3 heterocycles. The van der Waals surface area contributed by atoms with E-state index in [0.29, 0.717) is 28.7 Å². The molecule has 2 N–H and O–H groups in total. The molecule has 1 aliphatic carbocycles. The molecule has 0 spiro atoms. The van der Waals surface area contributed by atoms with Crippen LogP contribution in [0.4, 0.5) is 17.2 Å². The second kappa shape index (κ2) is 8.64. The summed E-state index contributed by atoms with van der Waals surface area (Å²) in [7, 11) is 1.49. The van der Waals surface area contributed by atoms with Crippen molar-refractivity contribution < 1.29 is 18.3 Å². The minimum atomic E-state index is -2.55. The van der Waals surface area contributed by atoms with Gasteiger partial charge in [-0.15, -0.1) is 0 Å². The predicted molar refractivity (Wildman–Crippen MR) is 125 cm³/mol. The first kappa shape index (κ1) is 21.1. The number of methoxy groups -OCH3 is 1. The van der Waals surface area contributed by atoms with E-state index in [0.717, 1.165) is 33.7 Å². The normalized spacial score (nSPS) is 14.1. The van der Waals surface area contributed by atoms with Gasteiger partial charge in [0.2, 0.25) is 11.8 Å². The third kappa shape index (κ3) is 4.30. The number of aromatic nitrogens is 3. The van der Waals surface area contributed by atoms with E-state index < -0.39 is 11.3 Å². The molecule has 3 aromatic heterocycles. The number of fused-ring (bicyclic) bond motifs is 1. The third-order valence-electron chi connectivity index (χ3n) is 5.45. The molecule has 0 bridgehead atoms. The Morgan fingerprint density at radius 1 is 1.18 bits per heavy atom. The summed E-state index contributed by atoms with van der Waals surface area (Å²) < 4.78 is 30.1. The molecule has 9 nitrogen and oxygen atoms in total. The number of nitrogens with one attached hydrogen (secondary N) is 2. The molecule has 1 atom stereocenters. The largest absolute Gasteiger partial charge is 0.755 e. The zero-order valence-electron chi connectivity index (χ0n) is 17.6. The number of anilines is 3. The summed E-state index contributed by atoms with van der Waals surface area (Å²) in [5, 5.41) is 3.79. The Morgan fingerprint density at radius 3 is 2.58 bits per heavy atom. The number of rotatable bonds is 7. The van der Waals surface area contributed by atoms with Crippen molar-refractivity contribution >= 4 is 45.4 Å². The van der Waals surface area contributed by atoms with Crippen LogP contribution < -0.4 is 14.4 Å². The Hall–Kier alpha value is -3.76. The van der Waals surface area contributed by atoms with Crippen LogP contribution in [0.15, 0.2) is 60.9 Å². The van der Waals surface area contributed by atoms with Gasteiger partial charge in [-0.05, 0) is 54.3 Å². The van der Waals surface area contributed by atoms with Gasteiger partial charge < -0.3 is 19.6 Å². The molecule has 5 rings (SSSR count). The van der Waals surface area contributed by atoms with E-state index in [1.807, 2.05) is 24.3 Å². The summed E-state index contributed by atoms with van der Waals surface area (Å²) in [6.45, 7) is 0. The smallest absolute Gasteiger partial charge is 0.228 e. The average molecular weight is 463 g/mol. The molecule has 0 radical (unpaired) electrons. The number of H-pyrrole nitrogens is 1. The first-order valence-electron chi connectivity index (χ1n) is 10.3. The van der Waals surface area contributed by atoms with Crippen LogP contribution in [0.2, 0.25) is 0 Å². The molecule has 0 saturated heterocycles. The summed E-state index contributed by atoms with van der Waals surface area (Å²) in [6, 6.07) is 14.1. The molecule has 168 valence electrons. The number of aromatic amines is 1. The summed E-state index contributed by atoms with van der Waals surface area (Å²) in [4.78, 5) is 23.9. The molecule has 0 aliphatic heterocycles. The number of amides is 1. The number of carbonyl (C=O) groups excluding carboxylic acids is 1. The molecule has 1 aliphatic rings. The molecular weight excluding hydrogens is 442 g/mol. The van der Waals surface area contributed by atoms with Crippen molar-refractivity contribution in [2.75, 3.05) is 16.7 Å². The maximum absolute atomic E-state index is 12.2. The number of hydrogen-bond acceptors (Lipinski definition) is 6. The lowest BCUT2D eigenvalue weighted by atomic mass is 10.0. The quantitative estimate of drug-likeness (QED) is 0.401. The topological polar surface area (TPSA) is 123 Å². The minimum absolute atomic E-state index is 0.0172. The molecule has 33 heavy (non-hydrogen) atoms. The van der Waals surface area contributed by atoms with Crippen LogP contribution in [0.1, 0.15) is 12.8 Å². The summed E-state index contributed by atoms with van der Waals surface area (Å²) in [5.41, 5.74) is 3.24. The van der Waals surface area contributed by atoms with Gasteiger partial charge in [0.1, 0.15) is 11.5 Å². The molecule has 1 unspecified atom stereocenters.